The van der Waals surface area contributed by atoms with E-state index in [1.54, 1.807) is 13.0 Å². The Hall–Kier alpha value is -3.67. The number of ether oxygens (including phenoxy) is 1. The van der Waals surface area contributed by atoms with Gasteiger partial charge in [0.25, 0.3) is 0 Å². The van der Waals surface area contributed by atoms with E-state index in [-0.39, 0.29) is 24.8 Å². The molecule has 0 saturated heterocycles. The lowest BCUT2D eigenvalue weighted by Gasteiger charge is -2.17. The molecule has 3 aromatic carbocycles. The second-order valence-electron chi connectivity index (χ2n) is 7.65. The van der Waals surface area contributed by atoms with Gasteiger partial charge in [-0.25, -0.2) is 14.0 Å². The van der Waals surface area contributed by atoms with Crippen molar-refractivity contribution in [3.05, 3.63) is 94.8 Å². The molecule has 2 N–H and O–H groups in total. The number of aliphatic carboxylic acids is 1. The number of carboxylic acids is 1. The Labute approximate surface area is 179 Å². The molecule has 158 valence electrons. The van der Waals surface area contributed by atoms with Gasteiger partial charge in [-0.2, -0.15) is 0 Å². The third-order valence-electron chi connectivity index (χ3n) is 5.60. The first-order valence-corrected chi connectivity index (χ1v) is 10.0. The number of aryl methyl sites for hydroxylation is 1. The van der Waals surface area contributed by atoms with Crippen molar-refractivity contribution in [3.63, 3.8) is 0 Å². The maximum atomic E-state index is 13.5. The fourth-order valence-corrected chi connectivity index (χ4v) is 4.05. The molecule has 0 aliphatic heterocycles. The zero-order valence-corrected chi connectivity index (χ0v) is 17.0. The Bertz CT molecular complexity index is 1100. The van der Waals surface area contributed by atoms with Gasteiger partial charge < -0.3 is 15.2 Å². The van der Waals surface area contributed by atoms with Gasteiger partial charge in [0.05, 0.1) is 0 Å². The van der Waals surface area contributed by atoms with Crippen molar-refractivity contribution in [2.45, 2.75) is 25.3 Å². The van der Waals surface area contributed by atoms with Gasteiger partial charge >= 0.3 is 12.1 Å². The third-order valence-corrected chi connectivity index (χ3v) is 5.60. The monoisotopic (exact) mass is 419 g/mol. The Morgan fingerprint density at radius 1 is 1.03 bits per heavy atom. The van der Waals surface area contributed by atoms with Crippen LogP contribution in [0, 0.1) is 12.7 Å². The van der Waals surface area contributed by atoms with Gasteiger partial charge in [0.2, 0.25) is 0 Å². The van der Waals surface area contributed by atoms with Gasteiger partial charge in [-0.1, -0.05) is 60.7 Å². The summed E-state index contributed by atoms with van der Waals surface area (Å²) in [6.45, 7) is 1.70. The highest BCUT2D eigenvalue weighted by Crippen LogP contribution is 2.44. The minimum Gasteiger partial charge on any atom is -0.480 e. The fourth-order valence-electron chi connectivity index (χ4n) is 4.05. The zero-order valence-electron chi connectivity index (χ0n) is 17.0. The number of carboxylic acid groups (broad SMARTS) is 1. The Morgan fingerprint density at radius 2 is 1.65 bits per heavy atom. The highest BCUT2D eigenvalue weighted by molar-refractivity contribution is 5.81. The number of nitrogens with one attached hydrogen (secondary N) is 1. The van der Waals surface area contributed by atoms with Crippen molar-refractivity contribution in [3.8, 4) is 11.1 Å². The maximum Gasteiger partial charge on any atom is 0.407 e. The van der Waals surface area contributed by atoms with Crippen LogP contribution in [-0.4, -0.2) is 29.8 Å². The number of fused-ring (bicyclic) bond motifs is 3. The molecule has 1 aliphatic carbocycles. The molecule has 4 rings (SSSR count). The molecule has 0 radical (unpaired) electrons. The van der Waals surface area contributed by atoms with Crippen LogP contribution < -0.4 is 5.32 Å². The van der Waals surface area contributed by atoms with Crippen LogP contribution in [-0.2, 0) is 16.0 Å². The largest absolute Gasteiger partial charge is 0.480 e. The Kier molecular flexibility index (Phi) is 5.71. The number of halogens is 1. The summed E-state index contributed by atoms with van der Waals surface area (Å²) in [5, 5.41) is 11.9. The molecule has 1 amide bonds. The molecule has 0 saturated carbocycles. The van der Waals surface area contributed by atoms with Crippen LogP contribution in [0.3, 0.4) is 0 Å². The molecule has 1 atom stereocenters. The highest BCUT2D eigenvalue weighted by atomic mass is 19.1. The van der Waals surface area contributed by atoms with Crippen LogP contribution in [0.15, 0.2) is 66.7 Å². The van der Waals surface area contributed by atoms with Gasteiger partial charge in [-0.05, 0) is 46.4 Å². The minimum atomic E-state index is -1.18. The predicted molar refractivity (Wildman–Crippen MR) is 114 cm³/mol. The summed E-state index contributed by atoms with van der Waals surface area (Å²) in [5.74, 6) is -1.66. The van der Waals surface area contributed by atoms with Crippen LogP contribution in [0.5, 0.6) is 0 Å². The Morgan fingerprint density at radius 3 is 2.23 bits per heavy atom. The molecular weight excluding hydrogens is 397 g/mol. The van der Waals surface area contributed by atoms with Gasteiger partial charge in [0.15, 0.2) is 0 Å². The van der Waals surface area contributed by atoms with E-state index in [1.807, 2.05) is 48.5 Å². The number of carbonyl (C=O) groups excluding carboxylic acids is 1. The first kappa shape index (κ1) is 20.6. The van der Waals surface area contributed by atoms with E-state index in [2.05, 4.69) is 5.32 Å². The molecule has 6 heteroatoms. The number of hydrogen-bond acceptors (Lipinski definition) is 3. The molecule has 1 aliphatic rings. The molecule has 3 aromatic rings. The van der Waals surface area contributed by atoms with Crippen LogP contribution in [0.4, 0.5) is 9.18 Å². The number of benzene rings is 3. The van der Waals surface area contributed by atoms with E-state index in [0.717, 1.165) is 22.3 Å². The van der Waals surface area contributed by atoms with E-state index >= 15 is 0 Å². The van der Waals surface area contributed by atoms with Crippen molar-refractivity contribution in [1.29, 1.82) is 0 Å². The van der Waals surface area contributed by atoms with Crippen molar-refractivity contribution in [2.24, 2.45) is 0 Å². The average molecular weight is 419 g/mol. The first-order chi connectivity index (χ1) is 14.9. The number of carbonyl (C=O) groups is 2. The highest BCUT2D eigenvalue weighted by Gasteiger charge is 2.29. The van der Waals surface area contributed by atoms with Gasteiger partial charge in [-0.3, -0.25) is 0 Å². The normalized spacial score (nSPS) is 13.2. The van der Waals surface area contributed by atoms with Crippen LogP contribution in [0.2, 0.25) is 0 Å². The number of alkyl carbamates (subject to hydrolysis) is 1. The second kappa shape index (κ2) is 8.60. The van der Waals surface area contributed by atoms with Crippen molar-refractivity contribution in [2.75, 3.05) is 6.61 Å². The molecule has 0 fully saturated rings. The van der Waals surface area contributed by atoms with Gasteiger partial charge in [0.1, 0.15) is 18.5 Å². The van der Waals surface area contributed by atoms with Crippen molar-refractivity contribution < 1.29 is 23.8 Å². The Balaban J connectivity index is 1.43. The smallest absolute Gasteiger partial charge is 0.407 e. The van der Waals surface area contributed by atoms with E-state index in [9.17, 15) is 19.1 Å². The number of hydrogen-bond donors (Lipinski definition) is 2. The molecular formula is C25H22FNO4. The lowest BCUT2D eigenvalue weighted by Crippen LogP contribution is -2.42. The van der Waals surface area contributed by atoms with Gasteiger partial charge in [-0.15, -0.1) is 0 Å². The fraction of sp³-hybridized carbons (Fsp3) is 0.200. The van der Waals surface area contributed by atoms with Gasteiger partial charge in [0, 0.05) is 12.3 Å². The lowest BCUT2D eigenvalue weighted by molar-refractivity contribution is -0.139. The standard InChI is InChI=1S/C25H22FNO4/c1-15-12-16(10-11-22(15)26)13-23(24(28)29)27-25(30)31-14-21-19-8-4-2-6-17(19)18-7-3-5-9-20(18)21/h2-12,21,23H,13-14H2,1H3,(H,27,30)(H,28,29)/t23-/m0/s1. The molecule has 5 nitrogen and oxygen atoms in total. The van der Waals surface area contributed by atoms with E-state index in [1.165, 1.54) is 12.1 Å². The zero-order chi connectivity index (χ0) is 22.0. The first-order valence-electron chi connectivity index (χ1n) is 10.0. The molecule has 0 unspecified atom stereocenters. The maximum absolute atomic E-state index is 13.5. The molecule has 31 heavy (non-hydrogen) atoms. The molecule has 0 heterocycles. The molecule has 0 spiro atoms. The SMILES string of the molecule is Cc1cc(C[C@H](NC(=O)OCC2c3ccccc3-c3ccccc32)C(=O)O)ccc1F. The minimum absolute atomic E-state index is 0.0284. The summed E-state index contributed by atoms with van der Waals surface area (Å²) in [6, 6.07) is 19.1. The summed E-state index contributed by atoms with van der Waals surface area (Å²) < 4.78 is 18.9. The molecule has 0 aromatic heterocycles. The van der Waals surface area contributed by atoms with Crippen LogP contribution in [0.1, 0.15) is 28.2 Å². The average Bonchev–Trinajstić information content (AvgIpc) is 3.08. The van der Waals surface area contributed by atoms with Crippen molar-refractivity contribution >= 4 is 12.1 Å². The summed E-state index contributed by atoms with van der Waals surface area (Å²) in [7, 11) is 0. The summed E-state index contributed by atoms with van der Waals surface area (Å²) >= 11 is 0. The number of amides is 1. The summed E-state index contributed by atoms with van der Waals surface area (Å²) in [6.07, 6.45) is -0.770. The lowest BCUT2D eigenvalue weighted by atomic mass is 9.98. The number of rotatable bonds is 6. The second-order valence-corrected chi connectivity index (χ2v) is 7.65. The van der Waals surface area contributed by atoms with E-state index < -0.39 is 18.1 Å². The predicted octanol–water partition coefficient (Wildman–Crippen LogP) is 4.67. The van der Waals surface area contributed by atoms with Crippen LogP contribution in [0.25, 0.3) is 11.1 Å². The van der Waals surface area contributed by atoms with E-state index in [0.29, 0.717) is 11.1 Å². The van der Waals surface area contributed by atoms with Crippen molar-refractivity contribution in [1.82, 2.24) is 5.32 Å². The topological polar surface area (TPSA) is 75.6 Å². The quantitative estimate of drug-likeness (QED) is 0.609. The molecule has 0 bridgehead atoms. The third kappa shape index (κ3) is 4.28. The summed E-state index contributed by atoms with van der Waals surface area (Å²) in [4.78, 5) is 24.0. The van der Waals surface area contributed by atoms with Crippen LogP contribution >= 0.6 is 0 Å². The van der Waals surface area contributed by atoms with E-state index in [4.69, 9.17) is 4.74 Å². The summed E-state index contributed by atoms with van der Waals surface area (Å²) in [5.41, 5.74) is 5.42.